The minimum Gasteiger partial charge on any atom is -0.347 e. The molecule has 3 nitrogen and oxygen atoms in total. The van der Waals surface area contributed by atoms with Crippen LogP contribution in [0.25, 0.3) is 10.6 Å². The standard InChI is InChI=1S/C19H16Cl2N2OS/c1-11-5-3-4-6-14(11)19-23-12(2)17(25-19)10-22-18(24)15-8-7-13(20)9-16(15)21/h3-9H,10H2,1-2H3,(H,22,24). The second kappa shape index (κ2) is 7.56. The number of hydrogen-bond acceptors (Lipinski definition) is 3. The largest absolute Gasteiger partial charge is 0.347 e. The van der Waals surface area contributed by atoms with Gasteiger partial charge in [0.25, 0.3) is 5.91 Å². The van der Waals surface area contributed by atoms with Gasteiger partial charge in [-0.2, -0.15) is 0 Å². The Bertz CT molecular complexity index is 937. The van der Waals surface area contributed by atoms with Crippen LogP contribution in [-0.4, -0.2) is 10.9 Å². The van der Waals surface area contributed by atoms with E-state index < -0.39 is 0 Å². The monoisotopic (exact) mass is 390 g/mol. The van der Waals surface area contributed by atoms with Gasteiger partial charge in [-0.05, 0) is 37.6 Å². The smallest absolute Gasteiger partial charge is 0.253 e. The average Bonchev–Trinajstić information content (AvgIpc) is 2.94. The number of nitrogens with zero attached hydrogens (tertiary/aromatic N) is 1. The van der Waals surface area contributed by atoms with E-state index in [1.807, 2.05) is 19.1 Å². The zero-order valence-electron chi connectivity index (χ0n) is 13.8. The highest BCUT2D eigenvalue weighted by Crippen LogP contribution is 2.30. The zero-order valence-corrected chi connectivity index (χ0v) is 16.1. The Morgan fingerprint density at radius 3 is 2.64 bits per heavy atom. The molecule has 0 bridgehead atoms. The zero-order chi connectivity index (χ0) is 18.0. The summed E-state index contributed by atoms with van der Waals surface area (Å²) in [6.45, 7) is 4.43. The highest BCUT2D eigenvalue weighted by molar-refractivity contribution is 7.15. The van der Waals surface area contributed by atoms with E-state index in [-0.39, 0.29) is 5.91 Å². The molecule has 0 radical (unpaired) electrons. The van der Waals surface area contributed by atoms with E-state index in [1.54, 1.807) is 29.5 Å². The summed E-state index contributed by atoms with van der Waals surface area (Å²) in [4.78, 5) is 18.0. The van der Waals surface area contributed by atoms with Gasteiger partial charge in [0.15, 0.2) is 0 Å². The summed E-state index contributed by atoms with van der Waals surface area (Å²) in [7, 11) is 0. The van der Waals surface area contributed by atoms with Crippen LogP contribution in [0.3, 0.4) is 0 Å². The number of halogens is 2. The Labute approximate surface area is 160 Å². The van der Waals surface area contributed by atoms with E-state index in [4.69, 9.17) is 23.2 Å². The summed E-state index contributed by atoms with van der Waals surface area (Å²) in [5.41, 5.74) is 3.63. The maximum absolute atomic E-state index is 12.3. The minimum absolute atomic E-state index is 0.230. The molecule has 0 aliphatic carbocycles. The number of benzene rings is 2. The first-order valence-corrected chi connectivity index (χ1v) is 9.28. The molecule has 1 heterocycles. The highest BCUT2D eigenvalue weighted by Gasteiger charge is 2.14. The van der Waals surface area contributed by atoms with E-state index >= 15 is 0 Å². The number of aryl methyl sites for hydroxylation is 2. The molecular formula is C19H16Cl2N2OS. The third-order valence-corrected chi connectivity index (χ3v) is 5.59. The van der Waals surface area contributed by atoms with Gasteiger partial charge in [-0.1, -0.05) is 47.5 Å². The number of thiazole rings is 1. The van der Waals surface area contributed by atoms with Crippen molar-refractivity contribution in [2.24, 2.45) is 0 Å². The van der Waals surface area contributed by atoms with Crippen LogP contribution in [0.1, 0.15) is 26.5 Å². The first-order chi connectivity index (χ1) is 12.0. The van der Waals surface area contributed by atoms with Gasteiger partial charge in [-0.3, -0.25) is 4.79 Å². The van der Waals surface area contributed by atoms with E-state index in [2.05, 4.69) is 29.4 Å². The molecule has 0 aliphatic rings. The summed E-state index contributed by atoms with van der Waals surface area (Å²) in [6, 6.07) is 13.0. The Balaban J connectivity index is 1.76. The quantitative estimate of drug-likeness (QED) is 0.623. The van der Waals surface area contributed by atoms with E-state index in [9.17, 15) is 4.79 Å². The Morgan fingerprint density at radius 2 is 1.92 bits per heavy atom. The summed E-state index contributed by atoms with van der Waals surface area (Å²) < 4.78 is 0. The lowest BCUT2D eigenvalue weighted by atomic mass is 10.1. The Kier molecular flexibility index (Phi) is 5.42. The highest BCUT2D eigenvalue weighted by atomic mass is 35.5. The second-order valence-corrected chi connectivity index (χ2v) is 7.58. The number of hydrogen-bond donors (Lipinski definition) is 1. The molecule has 6 heteroatoms. The van der Waals surface area contributed by atoms with Crippen molar-refractivity contribution in [3.05, 3.63) is 74.2 Å². The summed E-state index contributed by atoms with van der Waals surface area (Å²) >= 11 is 13.5. The van der Waals surface area contributed by atoms with Crippen molar-refractivity contribution in [3.8, 4) is 10.6 Å². The van der Waals surface area contributed by atoms with Gasteiger partial charge in [0.2, 0.25) is 0 Å². The van der Waals surface area contributed by atoms with Crippen LogP contribution >= 0.6 is 34.5 Å². The van der Waals surface area contributed by atoms with Crippen LogP contribution in [0.2, 0.25) is 10.0 Å². The number of carbonyl (C=O) groups is 1. The Morgan fingerprint density at radius 1 is 1.16 bits per heavy atom. The third kappa shape index (κ3) is 4.03. The molecule has 1 N–H and O–H groups in total. The third-order valence-electron chi connectivity index (χ3n) is 3.85. The van der Waals surface area contributed by atoms with Crippen molar-refractivity contribution in [2.45, 2.75) is 20.4 Å². The maximum Gasteiger partial charge on any atom is 0.253 e. The fourth-order valence-electron chi connectivity index (χ4n) is 2.45. The predicted octanol–water partition coefficient (Wildman–Crippen LogP) is 5.66. The lowest BCUT2D eigenvalue weighted by Gasteiger charge is -2.06. The second-order valence-electron chi connectivity index (χ2n) is 5.65. The molecule has 0 atom stereocenters. The molecule has 1 aromatic heterocycles. The molecule has 1 amide bonds. The predicted molar refractivity (Wildman–Crippen MR) is 105 cm³/mol. The Hall–Kier alpha value is -1.88. The van der Waals surface area contributed by atoms with Crippen LogP contribution in [0, 0.1) is 13.8 Å². The van der Waals surface area contributed by atoms with Gasteiger partial charge in [0.05, 0.1) is 22.8 Å². The van der Waals surface area contributed by atoms with Crippen molar-refractivity contribution in [2.75, 3.05) is 0 Å². The number of carbonyl (C=O) groups excluding carboxylic acids is 1. The molecule has 2 aromatic carbocycles. The fraction of sp³-hybridized carbons (Fsp3) is 0.158. The van der Waals surface area contributed by atoms with Crippen LogP contribution in [0.4, 0.5) is 0 Å². The number of rotatable bonds is 4. The lowest BCUT2D eigenvalue weighted by Crippen LogP contribution is -2.23. The first-order valence-electron chi connectivity index (χ1n) is 7.71. The molecule has 0 unspecified atom stereocenters. The summed E-state index contributed by atoms with van der Waals surface area (Å²) in [5, 5.41) is 4.70. The molecule has 0 saturated heterocycles. The number of nitrogens with one attached hydrogen (secondary N) is 1. The number of amides is 1. The molecule has 25 heavy (non-hydrogen) atoms. The average molecular weight is 391 g/mol. The molecule has 3 rings (SSSR count). The van der Waals surface area contributed by atoms with Crippen molar-refractivity contribution in [3.63, 3.8) is 0 Å². The van der Waals surface area contributed by atoms with Crippen molar-refractivity contribution in [1.82, 2.24) is 10.3 Å². The molecule has 0 fully saturated rings. The van der Waals surface area contributed by atoms with Gasteiger partial charge in [0.1, 0.15) is 5.01 Å². The SMILES string of the molecule is Cc1ccccc1-c1nc(C)c(CNC(=O)c2ccc(Cl)cc2Cl)s1. The van der Waals surface area contributed by atoms with Gasteiger partial charge in [0, 0.05) is 15.5 Å². The van der Waals surface area contributed by atoms with E-state index in [0.717, 1.165) is 21.1 Å². The van der Waals surface area contributed by atoms with Gasteiger partial charge >= 0.3 is 0 Å². The molecule has 128 valence electrons. The van der Waals surface area contributed by atoms with Gasteiger partial charge in [-0.25, -0.2) is 4.98 Å². The molecular weight excluding hydrogens is 375 g/mol. The normalized spacial score (nSPS) is 10.7. The van der Waals surface area contributed by atoms with Crippen molar-refractivity contribution in [1.29, 1.82) is 0 Å². The van der Waals surface area contributed by atoms with Crippen molar-refractivity contribution >= 4 is 40.4 Å². The minimum atomic E-state index is -0.230. The number of aromatic nitrogens is 1. The van der Waals surface area contributed by atoms with E-state index in [0.29, 0.717) is 22.2 Å². The summed E-state index contributed by atoms with van der Waals surface area (Å²) in [6.07, 6.45) is 0. The van der Waals surface area contributed by atoms with Crippen LogP contribution in [0.15, 0.2) is 42.5 Å². The summed E-state index contributed by atoms with van der Waals surface area (Å²) in [5.74, 6) is -0.230. The molecule has 0 aliphatic heterocycles. The van der Waals surface area contributed by atoms with E-state index in [1.165, 1.54) is 5.56 Å². The maximum atomic E-state index is 12.3. The first kappa shape index (κ1) is 17.9. The van der Waals surface area contributed by atoms with Gasteiger partial charge < -0.3 is 5.32 Å². The fourth-order valence-corrected chi connectivity index (χ4v) is 4.04. The topological polar surface area (TPSA) is 42.0 Å². The van der Waals surface area contributed by atoms with Crippen LogP contribution < -0.4 is 5.32 Å². The van der Waals surface area contributed by atoms with Crippen LogP contribution in [0.5, 0.6) is 0 Å². The van der Waals surface area contributed by atoms with Crippen LogP contribution in [-0.2, 0) is 6.54 Å². The lowest BCUT2D eigenvalue weighted by molar-refractivity contribution is 0.0951. The molecule has 0 saturated carbocycles. The molecule has 0 spiro atoms. The molecule has 3 aromatic rings. The van der Waals surface area contributed by atoms with Crippen molar-refractivity contribution < 1.29 is 4.79 Å². The van der Waals surface area contributed by atoms with Gasteiger partial charge in [-0.15, -0.1) is 11.3 Å².